The summed E-state index contributed by atoms with van der Waals surface area (Å²) in [6.45, 7) is 3.99. The summed E-state index contributed by atoms with van der Waals surface area (Å²) < 4.78 is 0.872. The van der Waals surface area contributed by atoms with Gasteiger partial charge in [0.05, 0.1) is 12.5 Å². The second kappa shape index (κ2) is 8.16. The summed E-state index contributed by atoms with van der Waals surface area (Å²) in [5.74, 6) is -0.108. The molecule has 0 aliphatic rings. The molecular weight excluding hydrogens is 382 g/mol. The highest BCUT2D eigenvalue weighted by Gasteiger charge is 2.21. The van der Waals surface area contributed by atoms with Gasteiger partial charge in [0.15, 0.2) is 0 Å². The predicted molar refractivity (Wildman–Crippen MR) is 104 cm³/mol. The second-order valence-electron chi connectivity index (χ2n) is 6.12. The first-order chi connectivity index (χ1) is 11.8. The van der Waals surface area contributed by atoms with Crippen molar-refractivity contribution in [3.8, 4) is 0 Å². The van der Waals surface area contributed by atoms with Gasteiger partial charge in [-0.3, -0.25) is 4.79 Å². The average Bonchev–Trinajstić information content (AvgIpc) is 2.52. The first-order valence-electron chi connectivity index (χ1n) is 7.92. The number of halogens is 1. The fourth-order valence-electron chi connectivity index (χ4n) is 2.75. The van der Waals surface area contributed by atoms with Gasteiger partial charge < -0.3 is 16.0 Å². The second-order valence-corrected chi connectivity index (χ2v) is 7.03. The summed E-state index contributed by atoms with van der Waals surface area (Å²) in [7, 11) is 1.73. The van der Waals surface area contributed by atoms with Crippen molar-refractivity contribution in [2.24, 2.45) is 5.73 Å². The number of carbonyl (C=O) groups excluding carboxylic acids is 2. The lowest BCUT2D eigenvalue weighted by Gasteiger charge is -2.23. The van der Waals surface area contributed by atoms with Gasteiger partial charge in [0.1, 0.15) is 0 Å². The Labute approximate surface area is 156 Å². The van der Waals surface area contributed by atoms with Crippen molar-refractivity contribution in [1.82, 2.24) is 5.32 Å². The maximum absolute atomic E-state index is 12.7. The molecule has 0 bridgehead atoms. The number of anilines is 1. The number of nitrogens with two attached hydrogens (primary N) is 1. The molecule has 0 aromatic heterocycles. The SMILES string of the molecule is Cc1cc(C)cc(N(C)C(=O)C[C@H](NC(N)=O)c2cccc(Br)c2)c1. The summed E-state index contributed by atoms with van der Waals surface area (Å²) in [5.41, 5.74) is 9.11. The van der Waals surface area contributed by atoms with Crippen molar-refractivity contribution in [2.45, 2.75) is 26.3 Å². The molecule has 5 nitrogen and oxygen atoms in total. The Balaban J connectivity index is 2.22. The Morgan fingerprint density at radius 1 is 1.16 bits per heavy atom. The molecule has 0 aliphatic heterocycles. The van der Waals surface area contributed by atoms with E-state index in [1.54, 1.807) is 11.9 Å². The van der Waals surface area contributed by atoms with Crippen LogP contribution in [-0.2, 0) is 4.79 Å². The van der Waals surface area contributed by atoms with Crippen LogP contribution < -0.4 is 16.0 Å². The van der Waals surface area contributed by atoms with Gasteiger partial charge in [-0.2, -0.15) is 0 Å². The molecule has 25 heavy (non-hydrogen) atoms. The predicted octanol–water partition coefficient (Wildman–Crippen LogP) is 3.83. The van der Waals surface area contributed by atoms with Crippen molar-refractivity contribution < 1.29 is 9.59 Å². The number of rotatable bonds is 5. The number of primary amides is 1. The van der Waals surface area contributed by atoms with Gasteiger partial charge in [0.2, 0.25) is 5.91 Å². The Bertz CT molecular complexity index is 772. The van der Waals surface area contributed by atoms with Crippen LogP contribution >= 0.6 is 15.9 Å². The number of carbonyl (C=O) groups is 2. The van der Waals surface area contributed by atoms with Crippen molar-refractivity contribution >= 4 is 33.6 Å². The number of amides is 3. The smallest absolute Gasteiger partial charge is 0.312 e. The number of nitrogens with one attached hydrogen (secondary N) is 1. The highest BCUT2D eigenvalue weighted by atomic mass is 79.9. The maximum atomic E-state index is 12.7. The van der Waals surface area contributed by atoms with E-state index in [-0.39, 0.29) is 12.3 Å². The monoisotopic (exact) mass is 403 g/mol. The van der Waals surface area contributed by atoms with Crippen molar-refractivity contribution in [3.05, 3.63) is 63.6 Å². The Morgan fingerprint density at radius 2 is 1.80 bits per heavy atom. The summed E-state index contributed by atoms with van der Waals surface area (Å²) in [6, 6.07) is 12.3. The zero-order valence-electron chi connectivity index (χ0n) is 14.5. The summed E-state index contributed by atoms with van der Waals surface area (Å²) in [4.78, 5) is 25.7. The fraction of sp³-hybridized carbons (Fsp3) is 0.263. The van der Waals surface area contributed by atoms with E-state index < -0.39 is 12.1 Å². The average molecular weight is 404 g/mol. The van der Waals surface area contributed by atoms with Gasteiger partial charge in [-0.25, -0.2) is 4.79 Å². The third kappa shape index (κ3) is 5.32. The van der Waals surface area contributed by atoms with Crippen molar-refractivity contribution in [3.63, 3.8) is 0 Å². The molecule has 0 saturated carbocycles. The van der Waals surface area contributed by atoms with E-state index in [1.165, 1.54) is 0 Å². The van der Waals surface area contributed by atoms with Gasteiger partial charge in [-0.15, -0.1) is 0 Å². The minimum absolute atomic E-state index is 0.108. The number of aryl methyl sites for hydroxylation is 2. The summed E-state index contributed by atoms with van der Waals surface area (Å²) in [5, 5.41) is 2.65. The van der Waals surface area contributed by atoms with Gasteiger partial charge in [0, 0.05) is 17.2 Å². The van der Waals surface area contributed by atoms with Crippen LogP contribution in [0.2, 0.25) is 0 Å². The summed E-state index contributed by atoms with van der Waals surface area (Å²) >= 11 is 3.41. The highest BCUT2D eigenvalue weighted by molar-refractivity contribution is 9.10. The normalized spacial score (nSPS) is 11.7. The molecule has 0 aliphatic carbocycles. The zero-order chi connectivity index (χ0) is 18.6. The topological polar surface area (TPSA) is 75.4 Å². The first-order valence-corrected chi connectivity index (χ1v) is 8.72. The van der Waals surface area contributed by atoms with E-state index in [2.05, 4.69) is 27.3 Å². The van der Waals surface area contributed by atoms with E-state index in [0.717, 1.165) is 26.9 Å². The van der Waals surface area contributed by atoms with Gasteiger partial charge >= 0.3 is 6.03 Å². The minimum atomic E-state index is -0.660. The minimum Gasteiger partial charge on any atom is -0.352 e. The third-order valence-corrected chi connectivity index (χ3v) is 4.41. The molecule has 6 heteroatoms. The van der Waals surface area contributed by atoms with Gasteiger partial charge in [-0.05, 0) is 54.8 Å². The quantitative estimate of drug-likeness (QED) is 0.795. The Morgan fingerprint density at radius 3 is 2.36 bits per heavy atom. The lowest BCUT2D eigenvalue weighted by molar-refractivity contribution is -0.118. The van der Waals surface area contributed by atoms with Gasteiger partial charge in [0.25, 0.3) is 0 Å². The Hall–Kier alpha value is -2.34. The lowest BCUT2D eigenvalue weighted by Crippen LogP contribution is -2.37. The lowest BCUT2D eigenvalue weighted by atomic mass is 10.0. The van der Waals surface area contributed by atoms with E-state index >= 15 is 0 Å². The standard InChI is InChI=1S/C19H22BrN3O2/c1-12-7-13(2)9-16(8-12)23(3)18(24)11-17(22-19(21)25)14-5-4-6-15(20)10-14/h4-10,17H,11H2,1-3H3,(H3,21,22,25)/t17-/m0/s1. The molecule has 0 spiro atoms. The molecule has 3 N–H and O–H groups in total. The molecule has 0 heterocycles. The molecule has 2 aromatic rings. The van der Waals surface area contributed by atoms with Crippen molar-refractivity contribution in [1.29, 1.82) is 0 Å². The van der Waals surface area contributed by atoms with E-state index in [0.29, 0.717) is 0 Å². The number of hydrogen-bond donors (Lipinski definition) is 2. The van der Waals surface area contributed by atoms with Crippen LogP contribution in [0.15, 0.2) is 46.9 Å². The molecule has 0 saturated heterocycles. The molecule has 0 unspecified atom stereocenters. The van der Waals surface area contributed by atoms with Crippen LogP contribution in [0.1, 0.15) is 29.2 Å². The van der Waals surface area contributed by atoms with Crippen molar-refractivity contribution in [2.75, 3.05) is 11.9 Å². The number of nitrogens with zero attached hydrogens (tertiary/aromatic N) is 1. The number of hydrogen-bond acceptors (Lipinski definition) is 2. The van der Waals surface area contributed by atoms with E-state index in [9.17, 15) is 9.59 Å². The number of urea groups is 1. The molecule has 0 fully saturated rings. The molecule has 3 amide bonds. The molecule has 1 atom stereocenters. The first kappa shape index (κ1) is 19.0. The van der Waals surface area contributed by atoms with Crippen LogP contribution in [0.5, 0.6) is 0 Å². The fourth-order valence-corrected chi connectivity index (χ4v) is 3.16. The van der Waals surface area contributed by atoms with E-state index in [4.69, 9.17) is 5.73 Å². The van der Waals surface area contributed by atoms with Crippen LogP contribution in [0.3, 0.4) is 0 Å². The summed E-state index contributed by atoms with van der Waals surface area (Å²) in [6.07, 6.45) is 0.114. The zero-order valence-corrected chi connectivity index (χ0v) is 16.1. The molecule has 0 radical (unpaired) electrons. The highest BCUT2D eigenvalue weighted by Crippen LogP contribution is 2.24. The molecule has 2 aromatic carbocycles. The number of benzene rings is 2. The molecule has 2 rings (SSSR count). The van der Waals surface area contributed by atoms with Gasteiger partial charge in [-0.1, -0.05) is 34.1 Å². The molecule has 132 valence electrons. The Kier molecular flexibility index (Phi) is 6.20. The maximum Gasteiger partial charge on any atom is 0.312 e. The van der Waals surface area contributed by atoms with Crippen LogP contribution in [0.25, 0.3) is 0 Å². The molecular formula is C19H22BrN3O2. The van der Waals surface area contributed by atoms with E-state index in [1.807, 2.05) is 50.2 Å². The third-order valence-electron chi connectivity index (χ3n) is 3.91. The largest absolute Gasteiger partial charge is 0.352 e. The van der Waals surface area contributed by atoms with Crippen LogP contribution in [0.4, 0.5) is 10.5 Å². The van der Waals surface area contributed by atoms with Crippen LogP contribution in [0, 0.1) is 13.8 Å². The van der Waals surface area contributed by atoms with Crippen LogP contribution in [-0.4, -0.2) is 19.0 Å².